The number of aliphatic hydroxyl groups excluding tert-OH is 1. The van der Waals surface area contributed by atoms with Crippen LogP contribution < -0.4 is 21.1 Å². The number of nitrogens with one attached hydrogen (secondary N) is 2. The lowest BCUT2D eigenvalue weighted by molar-refractivity contribution is 0.0167. The van der Waals surface area contributed by atoms with E-state index in [1.807, 2.05) is 22.6 Å². The van der Waals surface area contributed by atoms with E-state index in [1.165, 1.54) is 31.4 Å². The van der Waals surface area contributed by atoms with Gasteiger partial charge in [-0.3, -0.25) is 19.0 Å². The van der Waals surface area contributed by atoms with Crippen LogP contribution in [0.4, 0.5) is 15.9 Å². The van der Waals surface area contributed by atoms with Crippen LogP contribution in [0.1, 0.15) is 10.4 Å². The highest BCUT2D eigenvalue weighted by molar-refractivity contribution is 14.1. The molecule has 3 N–H and O–H groups in total. The molecule has 2 aromatic heterocycles. The normalized spacial score (nSPS) is 11.5. The van der Waals surface area contributed by atoms with Crippen molar-refractivity contribution in [2.75, 3.05) is 24.8 Å². The van der Waals surface area contributed by atoms with Crippen LogP contribution in [-0.4, -0.2) is 47.4 Å². The van der Waals surface area contributed by atoms with Crippen molar-refractivity contribution in [2.45, 2.75) is 0 Å². The number of halogens is 2. The SMILES string of the molecule is Cn1c(Nc2ccc(I)cc2F)c(C(=O)NOCCO)c(Oc2cccc3c2ccn3S(C)(=O)=O)cc1=O. The standard InChI is InChI=1S/C24H22FIN4O7S/c1-29-21(32)13-20(37-19-5-3-4-18-15(19)8-9-30(18)38(2,34)35)22(24(33)28-36-11-10-31)23(29)27-17-7-6-14(26)12-16(17)25/h3-9,12-13,27,31H,10-11H2,1-2H3,(H,28,33). The molecule has 0 saturated heterocycles. The van der Waals surface area contributed by atoms with Gasteiger partial charge in [-0.1, -0.05) is 6.07 Å². The van der Waals surface area contributed by atoms with Crippen molar-refractivity contribution in [1.82, 2.24) is 14.0 Å². The summed E-state index contributed by atoms with van der Waals surface area (Å²) in [4.78, 5) is 31.1. The van der Waals surface area contributed by atoms with E-state index in [4.69, 9.17) is 14.7 Å². The van der Waals surface area contributed by atoms with Crippen LogP contribution in [0, 0.1) is 9.39 Å². The Hall–Kier alpha value is -3.47. The summed E-state index contributed by atoms with van der Waals surface area (Å²) in [6.45, 7) is -0.574. The fourth-order valence-electron chi connectivity index (χ4n) is 3.67. The largest absolute Gasteiger partial charge is 0.455 e. The topological polar surface area (TPSA) is 141 Å². The lowest BCUT2D eigenvalue weighted by Gasteiger charge is -2.19. The van der Waals surface area contributed by atoms with E-state index < -0.39 is 27.3 Å². The summed E-state index contributed by atoms with van der Waals surface area (Å²) in [5, 5.41) is 12.2. The zero-order chi connectivity index (χ0) is 27.6. The number of carbonyl (C=O) groups is 1. The van der Waals surface area contributed by atoms with Crippen LogP contribution in [0.15, 0.2) is 59.5 Å². The van der Waals surface area contributed by atoms with Crippen LogP contribution in [0.25, 0.3) is 10.9 Å². The third kappa shape index (κ3) is 5.67. The van der Waals surface area contributed by atoms with Crippen LogP contribution in [0.3, 0.4) is 0 Å². The summed E-state index contributed by atoms with van der Waals surface area (Å²) >= 11 is 1.95. The van der Waals surface area contributed by atoms with Gasteiger partial charge in [-0.15, -0.1) is 0 Å². The number of hydroxylamine groups is 1. The number of ether oxygens (including phenoxy) is 1. The zero-order valence-corrected chi connectivity index (χ0v) is 23.0. The molecule has 14 heteroatoms. The van der Waals surface area contributed by atoms with Crippen LogP contribution in [0.5, 0.6) is 11.5 Å². The first-order valence-electron chi connectivity index (χ1n) is 11.0. The first-order chi connectivity index (χ1) is 18.0. The highest BCUT2D eigenvalue weighted by atomic mass is 127. The minimum Gasteiger partial charge on any atom is -0.455 e. The molecule has 0 bridgehead atoms. The second kappa shape index (κ2) is 11.1. The second-order valence-electron chi connectivity index (χ2n) is 8.05. The molecule has 0 atom stereocenters. The Morgan fingerprint density at radius 1 is 1.16 bits per heavy atom. The number of anilines is 2. The van der Waals surface area contributed by atoms with Gasteiger partial charge in [-0.25, -0.2) is 22.3 Å². The minimum absolute atomic E-state index is 0.00442. The average molecular weight is 656 g/mol. The Balaban J connectivity index is 1.88. The van der Waals surface area contributed by atoms with E-state index in [2.05, 4.69) is 10.8 Å². The maximum Gasteiger partial charge on any atom is 0.282 e. The van der Waals surface area contributed by atoms with Crippen molar-refractivity contribution >= 4 is 60.9 Å². The van der Waals surface area contributed by atoms with Crippen molar-refractivity contribution in [3.05, 3.63) is 80.0 Å². The molecule has 0 saturated carbocycles. The Kier molecular flexibility index (Phi) is 8.05. The van der Waals surface area contributed by atoms with Crippen LogP contribution in [0.2, 0.25) is 0 Å². The van der Waals surface area contributed by atoms with Gasteiger partial charge in [-0.05, 0) is 59.0 Å². The van der Waals surface area contributed by atoms with E-state index in [0.29, 0.717) is 14.5 Å². The average Bonchev–Trinajstić information content (AvgIpc) is 3.30. The monoisotopic (exact) mass is 656 g/mol. The zero-order valence-electron chi connectivity index (χ0n) is 20.1. The third-order valence-electron chi connectivity index (χ3n) is 5.41. The van der Waals surface area contributed by atoms with Gasteiger partial charge in [0.15, 0.2) is 0 Å². The van der Waals surface area contributed by atoms with Gasteiger partial charge in [0.05, 0.1) is 30.7 Å². The number of pyridine rings is 1. The number of fused-ring (bicyclic) bond motifs is 1. The van der Waals surface area contributed by atoms with Gasteiger partial charge >= 0.3 is 0 Å². The van der Waals surface area contributed by atoms with Gasteiger partial charge in [0.25, 0.3) is 11.5 Å². The molecule has 4 aromatic rings. The third-order valence-corrected chi connectivity index (χ3v) is 7.11. The number of hydrogen-bond donors (Lipinski definition) is 3. The molecule has 0 aliphatic carbocycles. The molecule has 0 aliphatic heterocycles. The van der Waals surface area contributed by atoms with Crippen molar-refractivity contribution in [2.24, 2.45) is 7.05 Å². The summed E-state index contributed by atoms with van der Waals surface area (Å²) in [6, 6.07) is 11.6. The van der Waals surface area contributed by atoms with Crippen LogP contribution in [-0.2, 0) is 21.9 Å². The molecule has 0 aliphatic rings. The molecule has 1 amide bonds. The van der Waals surface area contributed by atoms with E-state index in [-0.39, 0.29) is 41.8 Å². The van der Waals surface area contributed by atoms with Crippen molar-refractivity contribution in [1.29, 1.82) is 0 Å². The Morgan fingerprint density at radius 3 is 2.61 bits per heavy atom. The van der Waals surface area contributed by atoms with Crippen molar-refractivity contribution in [3.63, 3.8) is 0 Å². The van der Waals surface area contributed by atoms with Crippen molar-refractivity contribution in [3.8, 4) is 11.5 Å². The summed E-state index contributed by atoms with van der Waals surface area (Å²) in [5.41, 5.74) is 1.70. The first-order valence-corrected chi connectivity index (χ1v) is 13.9. The molecule has 0 fully saturated rings. The lowest BCUT2D eigenvalue weighted by Crippen LogP contribution is -2.30. The fourth-order valence-corrected chi connectivity index (χ4v) is 4.92. The smallest absolute Gasteiger partial charge is 0.282 e. The molecule has 0 radical (unpaired) electrons. The predicted molar refractivity (Wildman–Crippen MR) is 147 cm³/mol. The Morgan fingerprint density at radius 2 is 1.92 bits per heavy atom. The van der Waals surface area contributed by atoms with E-state index in [1.54, 1.807) is 24.3 Å². The predicted octanol–water partition coefficient (Wildman–Crippen LogP) is 3.08. The highest BCUT2D eigenvalue weighted by Crippen LogP contribution is 2.35. The minimum atomic E-state index is -3.61. The molecule has 0 spiro atoms. The fraction of sp³-hybridized carbons (Fsp3) is 0.167. The van der Waals surface area contributed by atoms with Gasteiger partial charge < -0.3 is 15.2 Å². The number of benzene rings is 2. The maximum atomic E-state index is 14.7. The summed E-state index contributed by atoms with van der Waals surface area (Å²) < 4.78 is 47.8. The molecule has 200 valence electrons. The molecule has 2 heterocycles. The summed E-state index contributed by atoms with van der Waals surface area (Å²) in [5.74, 6) is -1.61. The molecule has 38 heavy (non-hydrogen) atoms. The number of amides is 1. The van der Waals surface area contributed by atoms with E-state index in [9.17, 15) is 22.4 Å². The summed E-state index contributed by atoms with van der Waals surface area (Å²) in [7, 11) is -2.22. The van der Waals surface area contributed by atoms with Gasteiger partial charge in [-0.2, -0.15) is 0 Å². The van der Waals surface area contributed by atoms with Gasteiger partial charge in [0, 0.05) is 28.3 Å². The molecule has 4 rings (SSSR count). The van der Waals surface area contributed by atoms with Gasteiger partial charge in [0.1, 0.15) is 28.7 Å². The van der Waals surface area contributed by atoms with Crippen LogP contribution >= 0.6 is 22.6 Å². The highest BCUT2D eigenvalue weighted by Gasteiger charge is 2.25. The van der Waals surface area contributed by atoms with Crippen molar-refractivity contribution < 1.29 is 32.3 Å². The number of carbonyl (C=O) groups excluding carboxylic acids is 1. The maximum absolute atomic E-state index is 14.7. The quantitative estimate of drug-likeness (QED) is 0.142. The second-order valence-corrected chi connectivity index (χ2v) is 11.2. The first kappa shape index (κ1) is 27.6. The Labute approximate surface area is 229 Å². The number of hydrogen-bond acceptors (Lipinski definition) is 8. The summed E-state index contributed by atoms with van der Waals surface area (Å²) in [6.07, 6.45) is 2.41. The van der Waals surface area contributed by atoms with Gasteiger partial charge in [0.2, 0.25) is 10.0 Å². The molecular formula is C24H22FIN4O7S. The molecule has 2 aromatic carbocycles. The lowest BCUT2D eigenvalue weighted by atomic mass is 10.2. The number of aliphatic hydroxyl groups is 1. The molecular weight excluding hydrogens is 634 g/mol. The number of rotatable bonds is 9. The number of aromatic nitrogens is 2. The van der Waals surface area contributed by atoms with E-state index in [0.717, 1.165) is 20.9 Å². The Bertz CT molecular complexity index is 1700. The van der Waals surface area contributed by atoms with E-state index >= 15 is 0 Å². The molecule has 0 unspecified atom stereocenters. The molecule has 11 nitrogen and oxygen atoms in total. The number of nitrogens with zero attached hydrogens (tertiary/aromatic N) is 2.